The van der Waals surface area contributed by atoms with E-state index < -0.39 is 11.2 Å². The first kappa shape index (κ1) is 16.0. The third kappa shape index (κ3) is 2.62. The quantitative estimate of drug-likeness (QED) is 0.754. The van der Waals surface area contributed by atoms with Gasteiger partial charge in [0, 0.05) is 51.3 Å². The first-order chi connectivity index (χ1) is 11.4. The second-order valence-electron chi connectivity index (χ2n) is 6.01. The van der Waals surface area contributed by atoms with E-state index in [1.165, 1.54) is 30.0 Å². The number of carbonyl (C=O) groups excluding carboxylic acids is 1. The van der Waals surface area contributed by atoms with Gasteiger partial charge in [-0.1, -0.05) is 0 Å². The van der Waals surface area contributed by atoms with Gasteiger partial charge >= 0.3 is 5.69 Å². The lowest BCUT2D eigenvalue weighted by atomic mass is 10.1. The van der Waals surface area contributed by atoms with Gasteiger partial charge < -0.3 is 14.0 Å². The maximum absolute atomic E-state index is 12.5. The summed E-state index contributed by atoms with van der Waals surface area (Å²) < 4.78 is 4.49. The van der Waals surface area contributed by atoms with Crippen molar-refractivity contribution >= 4 is 12.0 Å². The van der Waals surface area contributed by atoms with Gasteiger partial charge in [0.25, 0.3) is 5.56 Å². The molecular formula is C17H20N4O3. The zero-order valence-corrected chi connectivity index (χ0v) is 14.0. The number of aromatic nitrogens is 3. The average molecular weight is 328 g/mol. The second-order valence-corrected chi connectivity index (χ2v) is 6.01. The molecule has 0 bridgehead atoms. The molecule has 0 fully saturated rings. The van der Waals surface area contributed by atoms with Gasteiger partial charge in [-0.3, -0.25) is 14.2 Å². The number of nitrogens with zero attached hydrogens (tertiary/aromatic N) is 4. The van der Waals surface area contributed by atoms with Crippen molar-refractivity contribution in [3.63, 3.8) is 0 Å². The first-order valence-electron chi connectivity index (χ1n) is 7.80. The van der Waals surface area contributed by atoms with Crippen molar-refractivity contribution in [2.24, 2.45) is 14.1 Å². The van der Waals surface area contributed by atoms with Crippen LogP contribution in [0.5, 0.6) is 0 Å². The molecule has 0 spiro atoms. The molecule has 126 valence electrons. The molecule has 0 saturated heterocycles. The van der Waals surface area contributed by atoms with Crippen molar-refractivity contribution in [1.29, 1.82) is 0 Å². The van der Waals surface area contributed by atoms with Crippen molar-refractivity contribution in [3.05, 3.63) is 62.7 Å². The Morgan fingerprint density at radius 3 is 2.75 bits per heavy atom. The Labute approximate surface area is 139 Å². The Morgan fingerprint density at radius 2 is 2.00 bits per heavy atom. The van der Waals surface area contributed by atoms with Crippen LogP contribution in [0.1, 0.15) is 24.2 Å². The number of carbonyl (C=O) groups is 1. The predicted molar refractivity (Wildman–Crippen MR) is 90.5 cm³/mol. The highest BCUT2D eigenvalue weighted by molar-refractivity contribution is 5.92. The predicted octanol–water partition coefficient (Wildman–Crippen LogP) is 0.502. The largest absolute Gasteiger partial charge is 0.348 e. The van der Waals surface area contributed by atoms with Gasteiger partial charge in [-0.05, 0) is 25.1 Å². The summed E-state index contributed by atoms with van der Waals surface area (Å²) in [5, 5.41) is 0. The molecule has 1 aliphatic heterocycles. The number of hydrogen-bond donors (Lipinski definition) is 0. The highest BCUT2D eigenvalue weighted by atomic mass is 16.2. The molecule has 3 heterocycles. The number of aryl methyl sites for hydroxylation is 1. The smallest absolute Gasteiger partial charge is 0.330 e. The molecule has 7 nitrogen and oxygen atoms in total. The van der Waals surface area contributed by atoms with Gasteiger partial charge in [0.1, 0.15) is 0 Å². The maximum atomic E-state index is 12.5. The van der Waals surface area contributed by atoms with E-state index in [9.17, 15) is 14.4 Å². The Kier molecular flexibility index (Phi) is 4.01. The fraction of sp³-hybridized carbons (Fsp3) is 0.353. The van der Waals surface area contributed by atoms with Crippen LogP contribution < -0.4 is 11.2 Å². The highest BCUT2D eigenvalue weighted by Crippen LogP contribution is 2.25. The molecule has 0 aromatic carbocycles. The molecule has 24 heavy (non-hydrogen) atoms. The summed E-state index contributed by atoms with van der Waals surface area (Å²) in [6.07, 6.45) is 6.33. The zero-order valence-electron chi connectivity index (χ0n) is 14.0. The standard InChI is InChI=1S/C17H20N4O3/c1-12-14-5-4-8-20(14)9-10-21(12)15(22)7-6-13-11-18(2)17(24)19(3)16(13)23/h4-8,11-12H,9-10H2,1-3H3/b7-6+. The van der Waals surface area contributed by atoms with Crippen molar-refractivity contribution in [3.8, 4) is 0 Å². The van der Waals surface area contributed by atoms with Gasteiger partial charge in [0.15, 0.2) is 0 Å². The lowest BCUT2D eigenvalue weighted by Gasteiger charge is -2.34. The minimum absolute atomic E-state index is 0.0196. The van der Waals surface area contributed by atoms with Crippen molar-refractivity contribution in [2.45, 2.75) is 19.5 Å². The summed E-state index contributed by atoms with van der Waals surface area (Å²) in [6, 6.07) is 3.97. The number of rotatable bonds is 2. The average Bonchev–Trinajstić information content (AvgIpc) is 3.04. The highest BCUT2D eigenvalue weighted by Gasteiger charge is 2.25. The monoisotopic (exact) mass is 328 g/mol. The number of hydrogen-bond acceptors (Lipinski definition) is 3. The molecule has 2 aromatic heterocycles. The number of fused-ring (bicyclic) bond motifs is 1. The van der Waals surface area contributed by atoms with E-state index in [0.29, 0.717) is 12.1 Å². The SMILES string of the molecule is CC1c2cccn2CCN1C(=O)/C=C/c1cn(C)c(=O)n(C)c1=O. The molecule has 0 N–H and O–H groups in total. The van der Waals surface area contributed by atoms with Crippen LogP contribution in [0.25, 0.3) is 6.08 Å². The van der Waals surface area contributed by atoms with E-state index in [-0.39, 0.29) is 11.9 Å². The van der Waals surface area contributed by atoms with Crippen LogP contribution in [0.4, 0.5) is 0 Å². The van der Waals surface area contributed by atoms with E-state index in [1.54, 1.807) is 11.9 Å². The van der Waals surface area contributed by atoms with Gasteiger partial charge in [-0.25, -0.2) is 4.79 Å². The van der Waals surface area contributed by atoms with Crippen LogP contribution in [0, 0.1) is 0 Å². The molecule has 2 aromatic rings. The Morgan fingerprint density at radius 1 is 1.25 bits per heavy atom. The van der Waals surface area contributed by atoms with Crippen LogP contribution in [0.15, 0.2) is 40.2 Å². The van der Waals surface area contributed by atoms with Crippen molar-refractivity contribution < 1.29 is 4.79 Å². The molecule has 0 radical (unpaired) electrons. The Hall–Kier alpha value is -2.83. The Bertz CT molecular complexity index is 932. The topological polar surface area (TPSA) is 69.2 Å². The molecule has 7 heteroatoms. The third-order valence-electron chi connectivity index (χ3n) is 4.50. The summed E-state index contributed by atoms with van der Waals surface area (Å²) >= 11 is 0. The maximum Gasteiger partial charge on any atom is 0.330 e. The van der Waals surface area contributed by atoms with Crippen LogP contribution in [-0.2, 0) is 25.4 Å². The third-order valence-corrected chi connectivity index (χ3v) is 4.50. The van der Waals surface area contributed by atoms with E-state index in [4.69, 9.17) is 0 Å². The molecule has 1 atom stereocenters. The normalized spacial score (nSPS) is 17.3. The lowest BCUT2D eigenvalue weighted by Crippen LogP contribution is -2.40. The van der Waals surface area contributed by atoms with Crippen LogP contribution in [0.2, 0.25) is 0 Å². The van der Waals surface area contributed by atoms with E-state index in [1.807, 2.05) is 25.3 Å². The molecule has 0 aliphatic carbocycles. The summed E-state index contributed by atoms with van der Waals surface area (Å²) in [6.45, 7) is 3.37. The van der Waals surface area contributed by atoms with Crippen LogP contribution >= 0.6 is 0 Å². The van der Waals surface area contributed by atoms with Gasteiger partial charge in [0.05, 0.1) is 11.6 Å². The fourth-order valence-corrected chi connectivity index (χ4v) is 3.09. The minimum Gasteiger partial charge on any atom is -0.348 e. The number of amides is 1. The summed E-state index contributed by atoms with van der Waals surface area (Å²) in [5.74, 6) is -0.147. The summed E-state index contributed by atoms with van der Waals surface area (Å²) in [5.41, 5.74) is 0.596. The van der Waals surface area contributed by atoms with Gasteiger partial charge in [0.2, 0.25) is 5.91 Å². The fourth-order valence-electron chi connectivity index (χ4n) is 3.09. The lowest BCUT2D eigenvalue weighted by molar-refractivity contribution is -0.129. The first-order valence-corrected chi connectivity index (χ1v) is 7.80. The van der Waals surface area contributed by atoms with Crippen LogP contribution in [-0.4, -0.2) is 31.1 Å². The Balaban J connectivity index is 1.85. The summed E-state index contributed by atoms with van der Waals surface area (Å²) in [7, 11) is 2.99. The van der Waals surface area contributed by atoms with E-state index in [0.717, 1.165) is 16.8 Å². The zero-order chi connectivity index (χ0) is 17.4. The summed E-state index contributed by atoms with van der Waals surface area (Å²) in [4.78, 5) is 38.1. The van der Waals surface area contributed by atoms with Crippen molar-refractivity contribution in [2.75, 3.05) is 6.54 Å². The molecular weight excluding hydrogens is 308 g/mol. The molecule has 3 rings (SSSR count). The van der Waals surface area contributed by atoms with Gasteiger partial charge in [-0.2, -0.15) is 0 Å². The molecule has 1 aliphatic rings. The molecule has 1 unspecified atom stereocenters. The minimum atomic E-state index is -0.414. The molecule has 1 amide bonds. The second kappa shape index (κ2) is 5.99. The van der Waals surface area contributed by atoms with E-state index in [2.05, 4.69) is 4.57 Å². The van der Waals surface area contributed by atoms with Crippen LogP contribution in [0.3, 0.4) is 0 Å². The van der Waals surface area contributed by atoms with Gasteiger partial charge in [-0.15, -0.1) is 0 Å². The van der Waals surface area contributed by atoms with Crippen molar-refractivity contribution in [1.82, 2.24) is 18.6 Å². The molecule has 0 saturated carbocycles. The van der Waals surface area contributed by atoms with E-state index >= 15 is 0 Å².